The molecule has 0 bridgehead atoms. The van der Waals surface area contributed by atoms with Crippen LogP contribution < -0.4 is 5.32 Å². The molecular formula is C18H21N3O2S. The summed E-state index contributed by atoms with van der Waals surface area (Å²) in [5.74, 6) is 0.0267. The van der Waals surface area contributed by atoms with Gasteiger partial charge in [0, 0.05) is 31.1 Å². The van der Waals surface area contributed by atoms with E-state index in [1.807, 2.05) is 42.2 Å². The highest BCUT2D eigenvalue weighted by atomic mass is 32.1. The minimum absolute atomic E-state index is 0.0359. The molecule has 1 aromatic carbocycles. The van der Waals surface area contributed by atoms with Crippen LogP contribution in [0.25, 0.3) is 0 Å². The molecule has 6 heteroatoms. The van der Waals surface area contributed by atoms with Crippen molar-refractivity contribution in [1.29, 1.82) is 0 Å². The van der Waals surface area contributed by atoms with E-state index in [1.165, 1.54) is 11.3 Å². The van der Waals surface area contributed by atoms with E-state index in [1.54, 1.807) is 13.1 Å². The fourth-order valence-electron chi connectivity index (χ4n) is 3.24. The molecule has 2 amide bonds. The van der Waals surface area contributed by atoms with Crippen molar-refractivity contribution in [2.75, 3.05) is 18.4 Å². The first-order valence-electron chi connectivity index (χ1n) is 8.06. The first kappa shape index (κ1) is 16.6. The van der Waals surface area contributed by atoms with E-state index >= 15 is 0 Å². The molecule has 1 N–H and O–H groups in total. The summed E-state index contributed by atoms with van der Waals surface area (Å²) in [5, 5.41) is 3.61. The van der Waals surface area contributed by atoms with Gasteiger partial charge >= 0.3 is 0 Å². The van der Waals surface area contributed by atoms with Crippen LogP contribution in [-0.4, -0.2) is 34.8 Å². The molecule has 1 aromatic heterocycles. The number of hydrogen-bond acceptors (Lipinski definition) is 4. The monoisotopic (exact) mass is 343 g/mol. The van der Waals surface area contributed by atoms with Gasteiger partial charge in [-0.15, -0.1) is 11.3 Å². The third-order valence-electron chi connectivity index (χ3n) is 4.67. The van der Waals surface area contributed by atoms with Crippen molar-refractivity contribution in [2.45, 2.75) is 32.1 Å². The van der Waals surface area contributed by atoms with Gasteiger partial charge in [-0.05, 0) is 25.3 Å². The van der Waals surface area contributed by atoms with Crippen LogP contribution in [0, 0.1) is 6.92 Å². The summed E-state index contributed by atoms with van der Waals surface area (Å²) in [6.07, 6.45) is 2.99. The van der Waals surface area contributed by atoms with Gasteiger partial charge in [-0.25, -0.2) is 4.98 Å². The van der Waals surface area contributed by atoms with Crippen LogP contribution >= 0.6 is 11.3 Å². The number of nitrogens with zero attached hydrogens (tertiary/aromatic N) is 2. The lowest BCUT2D eigenvalue weighted by Gasteiger charge is -2.40. The zero-order valence-corrected chi connectivity index (χ0v) is 14.7. The van der Waals surface area contributed by atoms with Crippen LogP contribution in [0.4, 0.5) is 5.13 Å². The molecular weight excluding hydrogens is 322 g/mol. The maximum Gasteiger partial charge on any atom is 0.236 e. The summed E-state index contributed by atoms with van der Waals surface area (Å²) in [7, 11) is 0. The number of piperidine rings is 1. The summed E-state index contributed by atoms with van der Waals surface area (Å²) in [4.78, 5) is 31.9. The van der Waals surface area contributed by atoms with Gasteiger partial charge in [0.1, 0.15) is 0 Å². The summed E-state index contributed by atoms with van der Waals surface area (Å²) in [5.41, 5.74) is 0.381. The van der Waals surface area contributed by atoms with Gasteiger partial charge in [-0.2, -0.15) is 0 Å². The lowest BCUT2D eigenvalue weighted by Crippen LogP contribution is -2.50. The van der Waals surface area contributed by atoms with Crippen molar-refractivity contribution < 1.29 is 9.59 Å². The Morgan fingerprint density at radius 2 is 1.88 bits per heavy atom. The van der Waals surface area contributed by atoms with E-state index in [0.717, 1.165) is 10.4 Å². The van der Waals surface area contributed by atoms with Gasteiger partial charge in [0.15, 0.2) is 5.13 Å². The van der Waals surface area contributed by atoms with Gasteiger partial charge in [-0.1, -0.05) is 30.3 Å². The lowest BCUT2D eigenvalue weighted by molar-refractivity contribution is -0.133. The summed E-state index contributed by atoms with van der Waals surface area (Å²) >= 11 is 1.47. The molecule has 1 fully saturated rings. The predicted octanol–water partition coefficient (Wildman–Crippen LogP) is 2.97. The second-order valence-electron chi connectivity index (χ2n) is 6.18. The van der Waals surface area contributed by atoms with E-state index in [0.29, 0.717) is 31.1 Å². The van der Waals surface area contributed by atoms with Crippen molar-refractivity contribution in [3.63, 3.8) is 0 Å². The van der Waals surface area contributed by atoms with Crippen LogP contribution in [0.1, 0.15) is 30.2 Å². The standard InChI is InChI=1S/C18H21N3O2S/c1-13-12-19-17(24-13)20-16(23)18(15-6-4-3-5-7-15)8-10-21(11-9-18)14(2)22/h3-7,12H,8-11H2,1-2H3,(H,19,20,23). The molecule has 126 valence electrons. The Morgan fingerprint density at radius 3 is 2.42 bits per heavy atom. The summed E-state index contributed by atoms with van der Waals surface area (Å²) < 4.78 is 0. The number of likely N-dealkylation sites (tertiary alicyclic amines) is 1. The van der Waals surface area contributed by atoms with E-state index in [9.17, 15) is 9.59 Å². The molecule has 0 spiro atoms. The van der Waals surface area contributed by atoms with E-state index in [-0.39, 0.29) is 11.8 Å². The second-order valence-corrected chi connectivity index (χ2v) is 7.42. The fourth-order valence-corrected chi connectivity index (χ4v) is 3.90. The fraction of sp³-hybridized carbons (Fsp3) is 0.389. The first-order valence-corrected chi connectivity index (χ1v) is 8.88. The number of rotatable bonds is 3. The quantitative estimate of drug-likeness (QED) is 0.932. The highest BCUT2D eigenvalue weighted by Gasteiger charge is 2.43. The number of carbonyl (C=O) groups is 2. The number of amides is 2. The Balaban J connectivity index is 1.88. The minimum Gasteiger partial charge on any atom is -0.343 e. The lowest BCUT2D eigenvalue weighted by atomic mass is 9.72. The Bertz CT molecular complexity index is 734. The van der Waals surface area contributed by atoms with Crippen LogP contribution in [-0.2, 0) is 15.0 Å². The molecule has 0 saturated carbocycles. The highest BCUT2D eigenvalue weighted by Crippen LogP contribution is 2.37. The number of nitrogens with one attached hydrogen (secondary N) is 1. The molecule has 1 aliphatic heterocycles. The first-order chi connectivity index (χ1) is 11.5. The predicted molar refractivity (Wildman–Crippen MR) is 95.1 cm³/mol. The molecule has 0 radical (unpaired) electrons. The SMILES string of the molecule is CC(=O)N1CCC(C(=O)Nc2ncc(C)s2)(c2ccccc2)CC1. The number of aromatic nitrogens is 1. The van der Waals surface area contributed by atoms with E-state index in [2.05, 4.69) is 10.3 Å². The average Bonchev–Trinajstić information content (AvgIpc) is 3.00. The van der Waals surface area contributed by atoms with Crippen molar-refractivity contribution >= 4 is 28.3 Å². The molecule has 3 rings (SSSR count). The maximum atomic E-state index is 13.1. The topological polar surface area (TPSA) is 62.3 Å². The number of carbonyl (C=O) groups excluding carboxylic acids is 2. The van der Waals surface area contributed by atoms with Gasteiger partial charge in [0.25, 0.3) is 0 Å². The van der Waals surface area contributed by atoms with E-state index < -0.39 is 5.41 Å². The average molecular weight is 343 g/mol. The van der Waals surface area contributed by atoms with Crippen molar-refractivity contribution in [3.8, 4) is 0 Å². The molecule has 0 aliphatic carbocycles. The molecule has 0 atom stereocenters. The number of thiazole rings is 1. The third kappa shape index (κ3) is 3.19. The molecule has 5 nitrogen and oxygen atoms in total. The number of benzene rings is 1. The molecule has 24 heavy (non-hydrogen) atoms. The third-order valence-corrected chi connectivity index (χ3v) is 5.49. The molecule has 2 aromatic rings. The molecule has 0 unspecified atom stereocenters. The number of hydrogen-bond donors (Lipinski definition) is 1. The molecule has 1 aliphatic rings. The number of anilines is 1. The maximum absolute atomic E-state index is 13.1. The van der Waals surface area contributed by atoms with Gasteiger partial charge in [0.2, 0.25) is 11.8 Å². The summed E-state index contributed by atoms with van der Waals surface area (Å²) in [6.45, 7) is 4.72. The number of aryl methyl sites for hydroxylation is 1. The van der Waals surface area contributed by atoms with E-state index in [4.69, 9.17) is 0 Å². The minimum atomic E-state index is -0.618. The molecule has 1 saturated heterocycles. The van der Waals surface area contributed by atoms with Crippen molar-refractivity contribution in [1.82, 2.24) is 9.88 Å². The van der Waals surface area contributed by atoms with Crippen LogP contribution in [0.15, 0.2) is 36.5 Å². The molecule has 2 heterocycles. The Hall–Kier alpha value is -2.21. The summed E-state index contributed by atoms with van der Waals surface area (Å²) in [6, 6.07) is 9.85. The Labute approximate surface area is 145 Å². The van der Waals surface area contributed by atoms with Crippen molar-refractivity contribution in [3.05, 3.63) is 47.0 Å². The second kappa shape index (κ2) is 6.73. The van der Waals surface area contributed by atoms with Crippen LogP contribution in [0.3, 0.4) is 0 Å². The van der Waals surface area contributed by atoms with Crippen LogP contribution in [0.2, 0.25) is 0 Å². The highest BCUT2D eigenvalue weighted by molar-refractivity contribution is 7.15. The Morgan fingerprint density at radius 1 is 1.21 bits per heavy atom. The Kier molecular flexibility index (Phi) is 4.66. The van der Waals surface area contributed by atoms with Crippen LogP contribution in [0.5, 0.6) is 0 Å². The zero-order chi connectivity index (χ0) is 17.2. The van der Waals surface area contributed by atoms with Gasteiger partial charge in [-0.3, -0.25) is 9.59 Å². The zero-order valence-electron chi connectivity index (χ0n) is 13.9. The van der Waals surface area contributed by atoms with Gasteiger partial charge in [0.05, 0.1) is 5.41 Å². The smallest absolute Gasteiger partial charge is 0.236 e. The van der Waals surface area contributed by atoms with Gasteiger partial charge < -0.3 is 10.2 Å². The van der Waals surface area contributed by atoms with Crippen molar-refractivity contribution in [2.24, 2.45) is 0 Å². The normalized spacial score (nSPS) is 16.7. The largest absolute Gasteiger partial charge is 0.343 e.